The first-order valence-corrected chi connectivity index (χ1v) is 5.06. The third-order valence-corrected chi connectivity index (χ3v) is 1.90. The van der Waals surface area contributed by atoms with E-state index >= 15 is 0 Å². The number of hydrogen-bond donors (Lipinski definition) is 1. The van der Waals surface area contributed by atoms with Crippen molar-refractivity contribution in [3.05, 3.63) is 23.9 Å². The number of aromatic nitrogens is 1. The Morgan fingerprint density at radius 2 is 2.20 bits per heavy atom. The van der Waals surface area contributed by atoms with Crippen LogP contribution in [0.1, 0.15) is 5.56 Å². The van der Waals surface area contributed by atoms with Crippen LogP contribution in [0, 0.1) is 6.92 Å². The Labute approximate surface area is 90.6 Å². The molecule has 0 radical (unpaired) electrons. The van der Waals surface area contributed by atoms with Crippen molar-refractivity contribution in [1.82, 2.24) is 4.98 Å². The smallest absolute Gasteiger partial charge is 0.126 e. The quantitative estimate of drug-likeness (QED) is 0.692. The van der Waals surface area contributed by atoms with Crippen molar-refractivity contribution in [3.8, 4) is 0 Å². The Morgan fingerprint density at radius 3 is 2.93 bits per heavy atom. The van der Waals surface area contributed by atoms with Crippen LogP contribution in [-0.4, -0.2) is 38.5 Å². The van der Waals surface area contributed by atoms with Crippen LogP contribution in [-0.2, 0) is 9.47 Å². The number of methoxy groups -OCH3 is 1. The van der Waals surface area contributed by atoms with Gasteiger partial charge in [0.2, 0.25) is 0 Å². The molecule has 0 spiro atoms. The SMILES string of the molecule is COCCOCCNc1cc(C)ccn1. The summed E-state index contributed by atoms with van der Waals surface area (Å²) in [6.07, 6.45) is 1.80. The summed E-state index contributed by atoms with van der Waals surface area (Å²) in [5.41, 5.74) is 1.20. The molecule has 0 saturated carbocycles. The standard InChI is InChI=1S/C11H18N2O2/c1-10-3-4-12-11(9-10)13-5-6-15-8-7-14-2/h3-4,9H,5-8H2,1-2H3,(H,12,13). The summed E-state index contributed by atoms with van der Waals surface area (Å²) in [5, 5.41) is 3.19. The Kier molecular flexibility index (Phi) is 5.73. The maximum Gasteiger partial charge on any atom is 0.126 e. The molecule has 0 bridgehead atoms. The second-order valence-corrected chi connectivity index (χ2v) is 3.25. The van der Waals surface area contributed by atoms with Crippen LogP contribution < -0.4 is 5.32 Å². The number of aryl methyl sites for hydroxylation is 1. The van der Waals surface area contributed by atoms with Gasteiger partial charge in [0.25, 0.3) is 0 Å². The maximum absolute atomic E-state index is 5.31. The third kappa shape index (κ3) is 5.34. The third-order valence-electron chi connectivity index (χ3n) is 1.90. The normalized spacial score (nSPS) is 10.3. The summed E-state index contributed by atoms with van der Waals surface area (Å²) in [4.78, 5) is 4.18. The largest absolute Gasteiger partial charge is 0.382 e. The highest BCUT2D eigenvalue weighted by atomic mass is 16.5. The molecule has 0 atom stereocenters. The van der Waals surface area contributed by atoms with Gasteiger partial charge in [-0.05, 0) is 24.6 Å². The van der Waals surface area contributed by atoms with Crippen molar-refractivity contribution >= 4 is 5.82 Å². The molecule has 1 N–H and O–H groups in total. The van der Waals surface area contributed by atoms with Crippen LogP contribution in [0.25, 0.3) is 0 Å². The van der Waals surface area contributed by atoms with E-state index in [-0.39, 0.29) is 0 Å². The zero-order valence-electron chi connectivity index (χ0n) is 9.32. The number of hydrogen-bond acceptors (Lipinski definition) is 4. The predicted molar refractivity (Wildman–Crippen MR) is 60.2 cm³/mol. The highest BCUT2D eigenvalue weighted by Crippen LogP contribution is 2.04. The van der Waals surface area contributed by atoms with E-state index in [4.69, 9.17) is 9.47 Å². The van der Waals surface area contributed by atoms with Crippen LogP contribution in [0.3, 0.4) is 0 Å². The van der Waals surface area contributed by atoms with Crippen LogP contribution in [0.15, 0.2) is 18.3 Å². The predicted octanol–water partition coefficient (Wildman–Crippen LogP) is 1.46. The highest BCUT2D eigenvalue weighted by Gasteiger charge is 1.93. The fourth-order valence-electron chi connectivity index (χ4n) is 1.13. The molecule has 0 amide bonds. The van der Waals surface area contributed by atoms with Gasteiger partial charge >= 0.3 is 0 Å². The van der Waals surface area contributed by atoms with Crippen molar-refractivity contribution in [2.45, 2.75) is 6.92 Å². The van der Waals surface area contributed by atoms with E-state index < -0.39 is 0 Å². The van der Waals surface area contributed by atoms with Crippen LogP contribution in [0.2, 0.25) is 0 Å². The van der Waals surface area contributed by atoms with E-state index in [0.29, 0.717) is 19.8 Å². The molecule has 0 unspecified atom stereocenters. The second-order valence-electron chi connectivity index (χ2n) is 3.25. The first-order valence-electron chi connectivity index (χ1n) is 5.06. The van der Waals surface area contributed by atoms with Crippen molar-refractivity contribution in [3.63, 3.8) is 0 Å². The number of anilines is 1. The fraction of sp³-hybridized carbons (Fsp3) is 0.545. The molecule has 0 aromatic carbocycles. The Balaban J connectivity index is 2.10. The van der Waals surface area contributed by atoms with Crippen molar-refractivity contribution in [2.24, 2.45) is 0 Å². The molecule has 1 aromatic heterocycles. The number of nitrogens with zero attached hydrogens (tertiary/aromatic N) is 1. The fourth-order valence-corrected chi connectivity index (χ4v) is 1.13. The summed E-state index contributed by atoms with van der Waals surface area (Å²) in [5.74, 6) is 0.894. The summed E-state index contributed by atoms with van der Waals surface area (Å²) < 4.78 is 10.2. The molecule has 4 heteroatoms. The summed E-state index contributed by atoms with van der Waals surface area (Å²) in [7, 11) is 1.66. The zero-order chi connectivity index (χ0) is 10.9. The molecule has 1 aromatic rings. The molecule has 4 nitrogen and oxygen atoms in total. The van der Waals surface area contributed by atoms with Gasteiger partial charge in [-0.2, -0.15) is 0 Å². The summed E-state index contributed by atoms with van der Waals surface area (Å²) >= 11 is 0. The van der Waals surface area contributed by atoms with E-state index in [2.05, 4.69) is 10.3 Å². The van der Waals surface area contributed by atoms with Crippen LogP contribution in [0.5, 0.6) is 0 Å². The van der Waals surface area contributed by atoms with Crippen molar-refractivity contribution in [1.29, 1.82) is 0 Å². The molecular formula is C11H18N2O2. The molecule has 0 aliphatic heterocycles. The van der Waals surface area contributed by atoms with Gasteiger partial charge in [-0.15, -0.1) is 0 Å². The van der Waals surface area contributed by atoms with Crippen molar-refractivity contribution in [2.75, 3.05) is 38.8 Å². The topological polar surface area (TPSA) is 43.4 Å². The van der Waals surface area contributed by atoms with Crippen LogP contribution in [0.4, 0.5) is 5.82 Å². The minimum Gasteiger partial charge on any atom is -0.382 e. The van der Waals surface area contributed by atoms with E-state index in [1.807, 2.05) is 19.1 Å². The highest BCUT2D eigenvalue weighted by molar-refractivity contribution is 5.36. The van der Waals surface area contributed by atoms with Gasteiger partial charge < -0.3 is 14.8 Å². The maximum atomic E-state index is 5.31. The lowest BCUT2D eigenvalue weighted by Gasteiger charge is -2.06. The molecule has 0 aliphatic rings. The van der Waals surface area contributed by atoms with Gasteiger partial charge in [0.05, 0.1) is 19.8 Å². The molecular weight excluding hydrogens is 192 g/mol. The van der Waals surface area contributed by atoms with Crippen LogP contribution >= 0.6 is 0 Å². The monoisotopic (exact) mass is 210 g/mol. The molecule has 0 fully saturated rings. The van der Waals surface area contributed by atoms with E-state index in [1.165, 1.54) is 5.56 Å². The minimum atomic E-state index is 0.638. The number of rotatable bonds is 7. The first-order chi connectivity index (χ1) is 7.33. The molecule has 84 valence electrons. The molecule has 0 saturated heterocycles. The summed E-state index contributed by atoms with van der Waals surface area (Å²) in [6.45, 7) is 4.75. The lowest BCUT2D eigenvalue weighted by atomic mass is 10.3. The van der Waals surface area contributed by atoms with Gasteiger partial charge in [0.1, 0.15) is 5.82 Å². The Morgan fingerprint density at radius 1 is 1.33 bits per heavy atom. The molecule has 15 heavy (non-hydrogen) atoms. The lowest BCUT2D eigenvalue weighted by Crippen LogP contribution is -2.12. The van der Waals surface area contributed by atoms with E-state index in [9.17, 15) is 0 Å². The Hall–Kier alpha value is -1.13. The number of nitrogens with one attached hydrogen (secondary N) is 1. The average molecular weight is 210 g/mol. The van der Waals surface area contributed by atoms with Gasteiger partial charge in [0.15, 0.2) is 0 Å². The van der Waals surface area contributed by atoms with Gasteiger partial charge in [-0.3, -0.25) is 0 Å². The van der Waals surface area contributed by atoms with Gasteiger partial charge in [0, 0.05) is 19.9 Å². The second kappa shape index (κ2) is 7.20. The number of ether oxygens (including phenoxy) is 2. The average Bonchev–Trinajstić information content (AvgIpc) is 2.23. The Bertz CT molecular complexity index is 279. The molecule has 1 rings (SSSR count). The van der Waals surface area contributed by atoms with Gasteiger partial charge in [-0.1, -0.05) is 0 Å². The number of pyridine rings is 1. The van der Waals surface area contributed by atoms with Gasteiger partial charge in [-0.25, -0.2) is 4.98 Å². The first kappa shape index (κ1) is 11.9. The zero-order valence-corrected chi connectivity index (χ0v) is 9.32. The van der Waals surface area contributed by atoms with Crippen molar-refractivity contribution < 1.29 is 9.47 Å². The molecule has 1 heterocycles. The molecule has 0 aliphatic carbocycles. The van der Waals surface area contributed by atoms with E-state index in [1.54, 1.807) is 13.3 Å². The minimum absolute atomic E-state index is 0.638. The lowest BCUT2D eigenvalue weighted by molar-refractivity contribution is 0.0759. The summed E-state index contributed by atoms with van der Waals surface area (Å²) in [6, 6.07) is 3.98. The van der Waals surface area contributed by atoms with E-state index in [0.717, 1.165) is 12.4 Å².